The highest BCUT2D eigenvalue weighted by Gasteiger charge is 2.17. The second-order valence-electron chi connectivity index (χ2n) is 11.8. The van der Waals surface area contributed by atoms with Crippen molar-refractivity contribution < 1.29 is 4.42 Å². The lowest BCUT2D eigenvalue weighted by molar-refractivity contribution is 0.669. The van der Waals surface area contributed by atoms with Gasteiger partial charge in [0, 0.05) is 27.8 Å². The summed E-state index contributed by atoms with van der Waals surface area (Å²) in [7, 11) is 0. The molecule has 1 heterocycles. The molecule has 0 bridgehead atoms. The highest BCUT2D eigenvalue weighted by Crippen LogP contribution is 2.41. The van der Waals surface area contributed by atoms with E-state index >= 15 is 0 Å². The minimum absolute atomic E-state index is 0.902. The molecule has 0 N–H and O–H groups in total. The van der Waals surface area contributed by atoms with Gasteiger partial charge in [-0.25, -0.2) is 0 Å². The predicted molar refractivity (Wildman–Crippen MR) is 194 cm³/mol. The minimum Gasteiger partial charge on any atom is -0.456 e. The molecule has 0 saturated heterocycles. The molecule has 2 nitrogen and oxygen atoms in total. The van der Waals surface area contributed by atoms with Crippen LogP contribution in [0.4, 0.5) is 17.1 Å². The molecular weight excluding hydrogens is 558 g/mol. The number of benzene rings is 8. The molecule has 1 aromatic heterocycles. The predicted octanol–water partition coefficient (Wildman–Crippen LogP) is 12.7. The number of hydrogen-bond acceptors (Lipinski definition) is 2. The van der Waals surface area contributed by atoms with E-state index in [2.05, 4.69) is 169 Å². The molecule has 9 rings (SSSR count). The van der Waals surface area contributed by atoms with E-state index in [1.54, 1.807) is 0 Å². The Kier molecular flexibility index (Phi) is 6.17. The molecule has 216 valence electrons. The summed E-state index contributed by atoms with van der Waals surface area (Å²) in [6.45, 7) is 0. The van der Waals surface area contributed by atoms with Crippen molar-refractivity contribution in [3.8, 4) is 22.3 Å². The van der Waals surface area contributed by atoms with Crippen molar-refractivity contribution in [3.63, 3.8) is 0 Å². The summed E-state index contributed by atoms with van der Waals surface area (Å²) in [5.74, 6) is 0. The first-order valence-corrected chi connectivity index (χ1v) is 15.7. The maximum Gasteiger partial charge on any atom is 0.136 e. The first-order valence-electron chi connectivity index (χ1n) is 15.7. The minimum atomic E-state index is 0.902. The standard InChI is InChI=1S/C44H29NO/c1-2-12-33-28-37(27-22-30(33)10-1)45(35-25-23-32(24-26-35)39-18-8-13-31-11-3-4-16-38(31)39)36-15-7-14-34(29-36)40-19-9-21-43-44(40)41-17-5-6-20-42(41)46-43/h1-29H. The van der Waals surface area contributed by atoms with Crippen LogP contribution in [0.5, 0.6) is 0 Å². The van der Waals surface area contributed by atoms with Gasteiger partial charge in [-0.15, -0.1) is 0 Å². The smallest absolute Gasteiger partial charge is 0.136 e. The topological polar surface area (TPSA) is 16.4 Å². The zero-order chi connectivity index (χ0) is 30.5. The van der Waals surface area contributed by atoms with E-state index in [1.165, 1.54) is 32.7 Å². The number of hydrogen-bond donors (Lipinski definition) is 0. The third kappa shape index (κ3) is 4.43. The van der Waals surface area contributed by atoms with Crippen molar-refractivity contribution in [1.29, 1.82) is 0 Å². The Labute approximate surface area is 267 Å². The fourth-order valence-electron chi connectivity index (χ4n) is 6.86. The average Bonchev–Trinajstić information content (AvgIpc) is 3.51. The lowest BCUT2D eigenvalue weighted by atomic mass is 9.97. The number of rotatable bonds is 5. The first-order chi connectivity index (χ1) is 22.8. The van der Waals surface area contributed by atoms with E-state index in [4.69, 9.17) is 4.42 Å². The second-order valence-corrected chi connectivity index (χ2v) is 11.8. The molecule has 0 saturated carbocycles. The highest BCUT2D eigenvalue weighted by atomic mass is 16.3. The van der Waals surface area contributed by atoms with Crippen LogP contribution >= 0.6 is 0 Å². The van der Waals surface area contributed by atoms with Crippen LogP contribution in [-0.2, 0) is 0 Å². The van der Waals surface area contributed by atoms with Gasteiger partial charge < -0.3 is 9.32 Å². The van der Waals surface area contributed by atoms with Gasteiger partial charge in [0.05, 0.1) is 0 Å². The molecule has 0 fully saturated rings. The van der Waals surface area contributed by atoms with Crippen molar-refractivity contribution in [2.24, 2.45) is 0 Å². The van der Waals surface area contributed by atoms with Crippen molar-refractivity contribution >= 4 is 60.5 Å². The van der Waals surface area contributed by atoms with E-state index < -0.39 is 0 Å². The summed E-state index contributed by atoms with van der Waals surface area (Å²) >= 11 is 0. The van der Waals surface area contributed by atoms with Gasteiger partial charge in [0.25, 0.3) is 0 Å². The van der Waals surface area contributed by atoms with Crippen LogP contribution in [-0.4, -0.2) is 0 Å². The van der Waals surface area contributed by atoms with Gasteiger partial charge in [-0.3, -0.25) is 0 Å². The molecule has 0 spiro atoms. The van der Waals surface area contributed by atoms with Crippen molar-refractivity contribution in [3.05, 3.63) is 176 Å². The highest BCUT2D eigenvalue weighted by molar-refractivity contribution is 6.12. The van der Waals surface area contributed by atoms with Gasteiger partial charge in [-0.1, -0.05) is 127 Å². The third-order valence-corrected chi connectivity index (χ3v) is 9.04. The van der Waals surface area contributed by atoms with Crippen LogP contribution in [0.25, 0.3) is 65.7 Å². The number of fused-ring (bicyclic) bond motifs is 5. The van der Waals surface area contributed by atoms with Crippen LogP contribution in [0.1, 0.15) is 0 Å². The third-order valence-electron chi connectivity index (χ3n) is 9.04. The summed E-state index contributed by atoms with van der Waals surface area (Å²) in [4.78, 5) is 2.36. The molecule has 0 radical (unpaired) electrons. The SMILES string of the molecule is c1cc(-c2cccc3oc4ccccc4c23)cc(N(c2ccc(-c3cccc4ccccc34)cc2)c2ccc3ccccc3c2)c1. The summed E-state index contributed by atoms with van der Waals surface area (Å²) in [5.41, 5.74) is 9.86. The molecule has 9 aromatic rings. The Morgan fingerprint density at radius 3 is 1.87 bits per heavy atom. The first kappa shape index (κ1) is 26.3. The Morgan fingerprint density at radius 1 is 0.348 bits per heavy atom. The molecule has 0 unspecified atom stereocenters. The van der Waals surface area contributed by atoms with Gasteiger partial charge in [-0.2, -0.15) is 0 Å². The molecule has 0 aliphatic heterocycles. The van der Waals surface area contributed by atoms with E-state index in [0.717, 1.165) is 50.1 Å². The molecule has 46 heavy (non-hydrogen) atoms. The normalized spacial score (nSPS) is 11.5. The fourth-order valence-corrected chi connectivity index (χ4v) is 6.86. The van der Waals surface area contributed by atoms with Crippen molar-refractivity contribution in [2.45, 2.75) is 0 Å². The Morgan fingerprint density at radius 2 is 0.978 bits per heavy atom. The molecule has 0 aliphatic rings. The van der Waals surface area contributed by atoms with Gasteiger partial charge >= 0.3 is 0 Å². The van der Waals surface area contributed by atoms with Crippen molar-refractivity contribution in [1.82, 2.24) is 0 Å². The molecule has 8 aromatic carbocycles. The van der Waals surface area contributed by atoms with Gasteiger partial charge in [0.15, 0.2) is 0 Å². The number of furan rings is 1. The second kappa shape index (κ2) is 10.8. The largest absolute Gasteiger partial charge is 0.456 e. The maximum absolute atomic E-state index is 6.24. The van der Waals surface area contributed by atoms with Crippen LogP contribution in [0.2, 0.25) is 0 Å². The van der Waals surface area contributed by atoms with E-state index in [0.29, 0.717) is 0 Å². The monoisotopic (exact) mass is 587 g/mol. The van der Waals surface area contributed by atoms with Gasteiger partial charge in [-0.05, 0) is 92.3 Å². The summed E-state index contributed by atoms with van der Waals surface area (Å²) < 4.78 is 6.24. The average molecular weight is 588 g/mol. The molecule has 2 heteroatoms. The molecular formula is C44H29NO. The van der Waals surface area contributed by atoms with Gasteiger partial charge in [0.1, 0.15) is 11.2 Å². The van der Waals surface area contributed by atoms with Crippen LogP contribution < -0.4 is 4.90 Å². The Bertz CT molecular complexity index is 2530. The van der Waals surface area contributed by atoms with Gasteiger partial charge in [0.2, 0.25) is 0 Å². The molecule has 0 amide bonds. The summed E-state index contributed by atoms with van der Waals surface area (Å²) in [6.07, 6.45) is 0. The van der Waals surface area contributed by atoms with E-state index in [-0.39, 0.29) is 0 Å². The Hall–Kier alpha value is -6.12. The summed E-state index contributed by atoms with van der Waals surface area (Å²) in [5, 5.41) is 7.23. The maximum atomic E-state index is 6.24. The van der Waals surface area contributed by atoms with Crippen molar-refractivity contribution in [2.75, 3.05) is 4.90 Å². The van der Waals surface area contributed by atoms with Crippen LogP contribution in [0.3, 0.4) is 0 Å². The quantitative estimate of drug-likeness (QED) is 0.199. The fraction of sp³-hybridized carbons (Fsp3) is 0. The van der Waals surface area contributed by atoms with E-state index in [9.17, 15) is 0 Å². The lowest BCUT2D eigenvalue weighted by Gasteiger charge is -2.26. The number of anilines is 3. The molecule has 0 atom stereocenters. The number of nitrogens with zero attached hydrogens (tertiary/aromatic N) is 1. The zero-order valence-electron chi connectivity index (χ0n) is 25.1. The lowest BCUT2D eigenvalue weighted by Crippen LogP contribution is -2.10. The van der Waals surface area contributed by atoms with Crippen LogP contribution in [0.15, 0.2) is 180 Å². The summed E-state index contributed by atoms with van der Waals surface area (Å²) in [6, 6.07) is 62.8. The Balaban J connectivity index is 1.20. The van der Waals surface area contributed by atoms with Crippen LogP contribution in [0, 0.1) is 0 Å². The number of para-hydroxylation sites is 1. The molecule has 0 aliphatic carbocycles. The van der Waals surface area contributed by atoms with E-state index in [1.807, 2.05) is 12.1 Å². The zero-order valence-corrected chi connectivity index (χ0v) is 25.1.